The van der Waals surface area contributed by atoms with Gasteiger partial charge in [-0.1, -0.05) is 65.2 Å². The molecule has 0 bridgehead atoms. The largest absolute Gasteiger partial charge is 0.350 e. The predicted molar refractivity (Wildman–Crippen MR) is 161 cm³/mol. The summed E-state index contributed by atoms with van der Waals surface area (Å²) in [5.41, 5.74) is 2.27. The molecule has 3 aromatic carbocycles. The van der Waals surface area contributed by atoms with Gasteiger partial charge in [0, 0.05) is 22.1 Å². The Morgan fingerprint density at radius 1 is 0.925 bits per heavy atom. The molecule has 7 nitrogen and oxygen atoms in total. The first-order valence-electron chi connectivity index (χ1n) is 12.8. The molecule has 0 aliphatic heterocycles. The van der Waals surface area contributed by atoms with E-state index in [2.05, 4.69) is 5.32 Å². The first-order valence-corrected chi connectivity index (χ1v) is 15.0. The van der Waals surface area contributed by atoms with E-state index in [0.29, 0.717) is 0 Å². The molecular weight excluding hydrogens is 569 g/mol. The van der Waals surface area contributed by atoms with Gasteiger partial charge in [-0.3, -0.25) is 13.9 Å². The fourth-order valence-corrected chi connectivity index (χ4v) is 5.99. The van der Waals surface area contributed by atoms with Crippen LogP contribution >= 0.6 is 23.2 Å². The summed E-state index contributed by atoms with van der Waals surface area (Å²) >= 11 is 12.5. The van der Waals surface area contributed by atoms with E-state index in [1.54, 1.807) is 19.1 Å². The molecule has 0 aromatic heterocycles. The van der Waals surface area contributed by atoms with Crippen LogP contribution in [0, 0.1) is 13.8 Å². The number of hydrogen-bond acceptors (Lipinski definition) is 4. The van der Waals surface area contributed by atoms with E-state index in [1.165, 1.54) is 35.2 Å². The van der Waals surface area contributed by atoms with Crippen LogP contribution in [0.1, 0.15) is 44.4 Å². The van der Waals surface area contributed by atoms with Gasteiger partial charge in [-0.05, 0) is 83.0 Å². The van der Waals surface area contributed by atoms with Crippen LogP contribution in [0.4, 0.5) is 5.69 Å². The molecule has 0 heterocycles. The zero-order chi connectivity index (χ0) is 29.8. The molecular formula is C30H35Cl2N3O4S. The van der Waals surface area contributed by atoms with Gasteiger partial charge in [0.05, 0.1) is 10.6 Å². The van der Waals surface area contributed by atoms with Gasteiger partial charge in [-0.25, -0.2) is 8.42 Å². The van der Waals surface area contributed by atoms with E-state index in [9.17, 15) is 18.0 Å². The summed E-state index contributed by atoms with van der Waals surface area (Å²) in [5, 5.41) is 3.35. The summed E-state index contributed by atoms with van der Waals surface area (Å²) in [4.78, 5) is 28.6. The van der Waals surface area contributed by atoms with Crippen molar-refractivity contribution in [2.24, 2.45) is 0 Å². The second-order valence-corrected chi connectivity index (χ2v) is 13.6. The fraction of sp³-hybridized carbons (Fsp3) is 0.333. The summed E-state index contributed by atoms with van der Waals surface area (Å²) in [6.45, 7) is 10.5. The standard InChI is InChI=1S/C30H35Cl2N3O4S/c1-20-11-13-27(14-12-20)40(38,39)35(26-16-24(31)15-25(32)17-26)19-28(36)34(18-23-10-8-7-9-21(23)2)22(3)29(37)33-30(4,5)6/h7-17,22H,18-19H2,1-6H3,(H,33,37)/t22-/m1/s1. The third-order valence-electron chi connectivity index (χ3n) is 6.29. The Hall–Kier alpha value is -3.07. The number of sulfonamides is 1. The lowest BCUT2D eigenvalue weighted by molar-refractivity contribution is -0.140. The lowest BCUT2D eigenvalue weighted by Crippen LogP contribution is -2.54. The Bertz CT molecular complexity index is 1470. The fourth-order valence-electron chi connectivity index (χ4n) is 4.08. The van der Waals surface area contributed by atoms with Gasteiger partial charge in [0.1, 0.15) is 12.6 Å². The molecule has 1 N–H and O–H groups in total. The van der Waals surface area contributed by atoms with Crippen LogP contribution in [0.15, 0.2) is 71.6 Å². The lowest BCUT2D eigenvalue weighted by Gasteiger charge is -2.34. The molecule has 0 fully saturated rings. The van der Waals surface area contributed by atoms with E-state index in [1.807, 2.05) is 58.9 Å². The topological polar surface area (TPSA) is 86.8 Å². The number of nitrogens with one attached hydrogen (secondary N) is 1. The number of amides is 2. The van der Waals surface area contributed by atoms with Gasteiger partial charge in [0.25, 0.3) is 10.0 Å². The molecule has 40 heavy (non-hydrogen) atoms. The SMILES string of the molecule is Cc1ccc(S(=O)(=O)N(CC(=O)N(Cc2ccccc2C)[C@H](C)C(=O)NC(C)(C)C)c2cc(Cl)cc(Cl)c2)cc1. The number of anilines is 1. The van der Waals surface area contributed by atoms with E-state index in [-0.39, 0.29) is 33.1 Å². The Labute approximate surface area is 247 Å². The minimum atomic E-state index is -4.22. The van der Waals surface area contributed by atoms with Crippen molar-refractivity contribution in [3.05, 3.63) is 93.5 Å². The maximum atomic E-state index is 14.0. The molecule has 1 atom stereocenters. The summed E-state index contributed by atoms with van der Waals surface area (Å²) in [6, 6.07) is 17.3. The van der Waals surface area contributed by atoms with Crippen molar-refractivity contribution in [1.29, 1.82) is 0 Å². The van der Waals surface area contributed by atoms with Gasteiger partial charge < -0.3 is 10.2 Å². The van der Waals surface area contributed by atoms with E-state index in [4.69, 9.17) is 23.2 Å². The Kier molecular flexibility index (Phi) is 9.93. The molecule has 0 saturated heterocycles. The normalized spacial score (nSPS) is 12.5. The van der Waals surface area contributed by atoms with Crippen molar-refractivity contribution in [2.45, 2.75) is 64.6 Å². The predicted octanol–water partition coefficient (Wildman–Crippen LogP) is 6.14. The third-order valence-corrected chi connectivity index (χ3v) is 8.52. The van der Waals surface area contributed by atoms with E-state index >= 15 is 0 Å². The third kappa shape index (κ3) is 7.99. The van der Waals surface area contributed by atoms with Gasteiger partial charge in [-0.2, -0.15) is 0 Å². The molecule has 2 amide bonds. The van der Waals surface area contributed by atoms with Crippen LogP contribution in [0.5, 0.6) is 0 Å². The Morgan fingerprint density at radius 2 is 1.50 bits per heavy atom. The van der Waals surface area contributed by atoms with Crippen LogP contribution in [-0.2, 0) is 26.2 Å². The van der Waals surface area contributed by atoms with Gasteiger partial charge in [-0.15, -0.1) is 0 Å². The number of carbonyl (C=O) groups excluding carboxylic acids is 2. The molecule has 10 heteroatoms. The molecule has 0 saturated carbocycles. The second kappa shape index (κ2) is 12.6. The van der Waals surface area contributed by atoms with Crippen LogP contribution in [-0.4, -0.2) is 43.3 Å². The number of aryl methyl sites for hydroxylation is 2. The molecule has 214 valence electrons. The van der Waals surface area contributed by atoms with Crippen molar-refractivity contribution in [2.75, 3.05) is 10.8 Å². The summed E-state index contributed by atoms with van der Waals surface area (Å²) < 4.78 is 28.8. The highest BCUT2D eigenvalue weighted by atomic mass is 35.5. The highest BCUT2D eigenvalue weighted by molar-refractivity contribution is 7.92. The average molecular weight is 605 g/mol. The van der Waals surface area contributed by atoms with Crippen molar-refractivity contribution in [3.63, 3.8) is 0 Å². The number of rotatable bonds is 9. The van der Waals surface area contributed by atoms with Gasteiger partial charge in [0.2, 0.25) is 11.8 Å². The number of benzene rings is 3. The van der Waals surface area contributed by atoms with Crippen LogP contribution in [0.2, 0.25) is 10.0 Å². The number of nitrogens with zero attached hydrogens (tertiary/aromatic N) is 2. The van der Waals surface area contributed by atoms with E-state index < -0.39 is 34.1 Å². The van der Waals surface area contributed by atoms with E-state index in [0.717, 1.165) is 21.0 Å². The van der Waals surface area contributed by atoms with Crippen LogP contribution < -0.4 is 9.62 Å². The van der Waals surface area contributed by atoms with Crippen molar-refractivity contribution >= 4 is 50.7 Å². The highest BCUT2D eigenvalue weighted by Gasteiger charge is 2.33. The Balaban J connectivity index is 2.08. The quantitative estimate of drug-likeness (QED) is 0.318. The summed E-state index contributed by atoms with van der Waals surface area (Å²) in [6.07, 6.45) is 0. The van der Waals surface area contributed by atoms with Crippen molar-refractivity contribution in [3.8, 4) is 0 Å². The van der Waals surface area contributed by atoms with Crippen molar-refractivity contribution < 1.29 is 18.0 Å². The average Bonchev–Trinajstić information content (AvgIpc) is 2.84. The molecule has 0 unspecified atom stereocenters. The zero-order valence-electron chi connectivity index (χ0n) is 23.5. The first-order chi connectivity index (χ1) is 18.6. The number of carbonyl (C=O) groups is 2. The Morgan fingerprint density at radius 3 is 2.05 bits per heavy atom. The summed E-state index contributed by atoms with van der Waals surface area (Å²) in [5.74, 6) is -0.917. The zero-order valence-corrected chi connectivity index (χ0v) is 25.9. The molecule has 0 aliphatic carbocycles. The minimum absolute atomic E-state index is 0.00553. The monoisotopic (exact) mass is 603 g/mol. The van der Waals surface area contributed by atoms with Gasteiger partial charge >= 0.3 is 0 Å². The smallest absolute Gasteiger partial charge is 0.264 e. The summed E-state index contributed by atoms with van der Waals surface area (Å²) in [7, 11) is -4.22. The molecule has 0 aliphatic rings. The lowest BCUT2D eigenvalue weighted by atomic mass is 10.1. The minimum Gasteiger partial charge on any atom is -0.350 e. The van der Waals surface area contributed by atoms with Gasteiger partial charge in [0.15, 0.2) is 0 Å². The molecule has 0 spiro atoms. The highest BCUT2D eigenvalue weighted by Crippen LogP contribution is 2.30. The molecule has 3 rings (SSSR count). The molecule has 0 radical (unpaired) electrons. The number of halogens is 2. The molecule has 3 aromatic rings. The van der Waals surface area contributed by atoms with Crippen molar-refractivity contribution in [1.82, 2.24) is 10.2 Å². The number of hydrogen-bond donors (Lipinski definition) is 1. The first kappa shape index (κ1) is 31.5. The maximum Gasteiger partial charge on any atom is 0.264 e. The second-order valence-electron chi connectivity index (χ2n) is 10.8. The van der Waals surface area contributed by atoms with Crippen LogP contribution in [0.3, 0.4) is 0 Å². The maximum absolute atomic E-state index is 14.0. The van der Waals surface area contributed by atoms with Crippen LogP contribution in [0.25, 0.3) is 0 Å².